The van der Waals surface area contributed by atoms with E-state index in [0.29, 0.717) is 24.9 Å². The van der Waals surface area contributed by atoms with Crippen LogP contribution in [0.4, 0.5) is 0 Å². The number of allylic oxidation sites excluding steroid dienone is 1. The van der Waals surface area contributed by atoms with E-state index in [-0.39, 0.29) is 17.7 Å². The number of piperazine rings is 1. The molecule has 5 heterocycles. The molecule has 0 aliphatic carbocycles. The molecule has 0 aromatic carbocycles. The third-order valence-corrected chi connectivity index (χ3v) is 11.3. The van der Waals surface area contributed by atoms with Gasteiger partial charge in [-0.15, -0.1) is 0 Å². The molecule has 2 bridgehead atoms. The van der Waals surface area contributed by atoms with Gasteiger partial charge in [0.2, 0.25) is 0 Å². The predicted octanol–water partition coefficient (Wildman–Crippen LogP) is -0.0772. The van der Waals surface area contributed by atoms with Crippen molar-refractivity contribution < 1.29 is 14.3 Å². The number of nitrogens with zero attached hydrogens (tertiary/aromatic N) is 3. The molecule has 9 heteroatoms. The van der Waals surface area contributed by atoms with Gasteiger partial charge in [-0.05, 0) is 0 Å². The van der Waals surface area contributed by atoms with Crippen LogP contribution in [0.25, 0.3) is 0 Å². The summed E-state index contributed by atoms with van der Waals surface area (Å²) in [6.07, 6.45) is 3.41. The Morgan fingerprint density at radius 1 is 1.17 bits per heavy atom. The molecule has 0 aromatic heterocycles. The van der Waals surface area contributed by atoms with E-state index in [4.69, 9.17) is 7.72 Å². The number of amides is 2. The van der Waals surface area contributed by atoms with Crippen LogP contribution in [0.3, 0.4) is 0 Å². The zero-order valence-corrected chi connectivity index (χ0v) is 21.1. The van der Waals surface area contributed by atoms with Crippen LogP contribution in [0, 0.1) is 11.8 Å². The van der Waals surface area contributed by atoms with E-state index in [1.807, 2.05) is 0 Å². The van der Waals surface area contributed by atoms with Crippen LogP contribution in [0.2, 0.25) is 4.68 Å². The molecule has 0 radical (unpaired) electrons. The van der Waals surface area contributed by atoms with E-state index < -0.39 is 21.7 Å². The van der Waals surface area contributed by atoms with E-state index in [2.05, 4.69) is 28.9 Å². The van der Waals surface area contributed by atoms with Crippen LogP contribution in [-0.2, 0) is 14.3 Å². The minimum absolute atomic E-state index is 0.152. The number of piperidine rings is 2. The van der Waals surface area contributed by atoms with Crippen LogP contribution in [0.5, 0.6) is 0 Å². The van der Waals surface area contributed by atoms with Crippen molar-refractivity contribution in [2.45, 2.75) is 42.4 Å². The van der Waals surface area contributed by atoms with Gasteiger partial charge in [0.25, 0.3) is 0 Å². The molecule has 4 saturated heterocycles. The number of carbonyl (C=O) groups is 2. The van der Waals surface area contributed by atoms with Crippen molar-refractivity contribution in [3.8, 4) is 0 Å². The van der Waals surface area contributed by atoms with Crippen molar-refractivity contribution in [2.75, 3.05) is 45.9 Å². The Balaban J connectivity index is 1.17. The SMILES string of the molecule is [CH3][In]1[CH]=C(N2CCC(CN3CC4COCC(C3)N4)CC2)C(C2CCC(=O)NC2=O)=[N]1. The second-order valence-corrected chi connectivity index (χ2v) is 15.5. The third-order valence-electron chi connectivity index (χ3n) is 7.11. The number of rotatable bonds is 4. The van der Waals surface area contributed by atoms with Crippen molar-refractivity contribution in [2.24, 2.45) is 14.8 Å². The number of ether oxygens (including phenoxy) is 1. The summed E-state index contributed by atoms with van der Waals surface area (Å²) < 4.78 is 15.3. The minimum atomic E-state index is -2.04. The Hall–Kier alpha value is -0.900. The summed E-state index contributed by atoms with van der Waals surface area (Å²) in [5, 5.41) is 6.18. The fraction of sp³-hybridized carbons (Fsp3) is 0.762. The number of carbonyl (C=O) groups excluding carboxylic acids is 2. The number of likely N-dealkylation sites (tertiary alicyclic amines) is 1. The summed E-state index contributed by atoms with van der Waals surface area (Å²) in [5.74, 6) is 0.191. The fourth-order valence-electron chi connectivity index (χ4n) is 5.69. The van der Waals surface area contributed by atoms with Crippen LogP contribution in [0.15, 0.2) is 12.5 Å². The standard InChI is InChI=1S/C20H29N5O3.CH3.In/c1-13(19(21)17-2-3-18(26)23-20(17)27)25-6-4-14(5-7-25)8-24-9-15-11-28-12-16(10-24)22-15;;/h1,14-17,22H,2-12H2,(H,23,26,27);1H3;/q-1;;+1. The van der Waals surface area contributed by atoms with Crippen molar-refractivity contribution in [3.05, 3.63) is 9.53 Å². The Bertz CT molecular complexity index is 752. The first-order chi connectivity index (χ1) is 14.5. The summed E-state index contributed by atoms with van der Waals surface area (Å²) in [5.41, 5.74) is 2.21. The molecule has 5 aliphatic heterocycles. The quantitative estimate of drug-likeness (QED) is 0.508. The van der Waals surface area contributed by atoms with E-state index in [1.54, 1.807) is 0 Å². The normalized spacial score (nSPS) is 33.4. The first-order valence-electron chi connectivity index (χ1n) is 11.5. The second-order valence-electron chi connectivity index (χ2n) is 9.56. The van der Waals surface area contributed by atoms with Gasteiger partial charge < -0.3 is 0 Å². The molecular weight excluding hydrogens is 485 g/mol. The summed E-state index contributed by atoms with van der Waals surface area (Å²) >= 11 is -2.04. The van der Waals surface area contributed by atoms with Crippen LogP contribution in [0.1, 0.15) is 25.7 Å². The molecule has 5 rings (SSSR count). The molecule has 162 valence electrons. The molecule has 5 aliphatic rings. The molecule has 0 aromatic rings. The van der Waals surface area contributed by atoms with Crippen molar-refractivity contribution in [3.63, 3.8) is 0 Å². The molecule has 3 atom stereocenters. The van der Waals surface area contributed by atoms with E-state index in [0.717, 1.165) is 51.0 Å². The van der Waals surface area contributed by atoms with Crippen LogP contribution in [-0.4, -0.2) is 107 Å². The van der Waals surface area contributed by atoms with Gasteiger partial charge in [-0.2, -0.15) is 0 Å². The molecular formula is C21H32InN5O3. The van der Waals surface area contributed by atoms with Gasteiger partial charge in [0.15, 0.2) is 0 Å². The summed E-state index contributed by atoms with van der Waals surface area (Å²) in [6, 6.07) is 0.977. The van der Waals surface area contributed by atoms with Crippen molar-refractivity contribution in [1.82, 2.24) is 20.4 Å². The molecule has 30 heavy (non-hydrogen) atoms. The molecule has 0 saturated carbocycles. The molecule has 4 fully saturated rings. The van der Waals surface area contributed by atoms with Gasteiger partial charge in [0.05, 0.1) is 0 Å². The number of hydrogen-bond acceptors (Lipinski definition) is 7. The van der Waals surface area contributed by atoms with Crippen LogP contribution >= 0.6 is 0 Å². The predicted molar refractivity (Wildman–Crippen MR) is 115 cm³/mol. The monoisotopic (exact) mass is 517 g/mol. The van der Waals surface area contributed by atoms with Gasteiger partial charge in [-0.3, -0.25) is 0 Å². The Morgan fingerprint density at radius 3 is 2.60 bits per heavy atom. The van der Waals surface area contributed by atoms with Gasteiger partial charge in [0, 0.05) is 0 Å². The summed E-state index contributed by atoms with van der Waals surface area (Å²) in [6.45, 7) is 7.15. The molecule has 8 nitrogen and oxygen atoms in total. The zero-order valence-electron chi connectivity index (χ0n) is 17.8. The average Bonchev–Trinajstić information content (AvgIpc) is 3.10. The second kappa shape index (κ2) is 8.92. The molecule has 0 spiro atoms. The topological polar surface area (TPSA) is 86.3 Å². The van der Waals surface area contributed by atoms with Gasteiger partial charge in [0.1, 0.15) is 0 Å². The first-order valence-corrected chi connectivity index (χ1v) is 18.2. The average molecular weight is 517 g/mol. The molecule has 2 N–H and O–H groups in total. The molecule has 2 amide bonds. The van der Waals surface area contributed by atoms with E-state index >= 15 is 0 Å². The van der Waals surface area contributed by atoms with Gasteiger partial charge in [-0.1, -0.05) is 0 Å². The Kier molecular flexibility index (Phi) is 6.24. The van der Waals surface area contributed by atoms with Crippen molar-refractivity contribution >= 4 is 39.3 Å². The summed E-state index contributed by atoms with van der Waals surface area (Å²) in [4.78, 5) is 29.1. The first kappa shape index (κ1) is 21.0. The zero-order chi connectivity index (χ0) is 20.7. The maximum absolute atomic E-state index is 12.4. The van der Waals surface area contributed by atoms with Gasteiger partial charge >= 0.3 is 187 Å². The number of imide groups is 1. The number of morpholine rings is 1. The molecule has 3 unspecified atom stereocenters. The Morgan fingerprint density at radius 2 is 1.90 bits per heavy atom. The number of fused-ring (bicyclic) bond motifs is 2. The number of hydrogen-bond donors (Lipinski definition) is 2. The van der Waals surface area contributed by atoms with E-state index in [9.17, 15) is 9.59 Å². The summed E-state index contributed by atoms with van der Waals surface area (Å²) in [7, 11) is 0. The van der Waals surface area contributed by atoms with Crippen molar-refractivity contribution in [1.29, 1.82) is 0 Å². The van der Waals surface area contributed by atoms with E-state index in [1.165, 1.54) is 25.1 Å². The Labute approximate surface area is 186 Å². The van der Waals surface area contributed by atoms with Crippen LogP contribution < -0.4 is 10.6 Å². The van der Waals surface area contributed by atoms with Gasteiger partial charge in [-0.25, -0.2) is 0 Å². The maximum atomic E-state index is 12.4. The number of nitrogens with one attached hydrogen (secondary N) is 2. The fourth-order valence-corrected chi connectivity index (χ4v) is 10.4. The third kappa shape index (κ3) is 4.49.